The van der Waals surface area contributed by atoms with Crippen molar-refractivity contribution in [1.29, 1.82) is 0 Å². The van der Waals surface area contributed by atoms with Crippen molar-refractivity contribution in [3.05, 3.63) is 38.9 Å². The first-order valence-corrected chi connectivity index (χ1v) is 6.36. The van der Waals surface area contributed by atoms with Crippen molar-refractivity contribution >= 4 is 56.6 Å². The standard InChI is InChI=1S/C10H8BrCl2N5/c11-5-1-2-6(12)8(3-5)16-9-7(13)4-15-10(17-9)18-14/h1-4H,14H2,(H2,15,16,17,18). The number of hydrogen-bond donors (Lipinski definition) is 3. The average molecular weight is 349 g/mol. The Morgan fingerprint density at radius 3 is 2.72 bits per heavy atom. The highest BCUT2D eigenvalue weighted by atomic mass is 79.9. The molecule has 0 saturated carbocycles. The Labute approximate surface area is 122 Å². The SMILES string of the molecule is NNc1ncc(Cl)c(Nc2cc(Br)ccc2Cl)n1. The molecule has 0 aliphatic carbocycles. The van der Waals surface area contributed by atoms with Gasteiger partial charge in [0.05, 0.1) is 16.9 Å². The smallest absolute Gasteiger partial charge is 0.239 e. The third kappa shape index (κ3) is 3.02. The van der Waals surface area contributed by atoms with Gasteiger partial charge >= 0.3 is 0 Å². The molecule has 94 valence electrons. The molecular formula is C10H8BrCl2N5. The minimum atomic E-state index is 0.257. The lowest BCUT2D eigenvalue weighted by Crippen LogP contribution is -2.11. The molecule has 0 unspecified atom stereocenters. The number of halogens is 3. The van der Waals surface area contributed by atoms with Crippen LogP contribution < -0.4 is 16.6 Å². The summed E-state index contributed by atoms with van der Waals surface area (Å²) in [4.78, 5) is 7.97. The van der Waals surface area contributed by atoms with Crippen LogP contribution in [0.3, 0.4) is 0 Å². The van der Waals surface area contributed by atoms with Crippen molar-refractivity contribution in [1.82, 2.24) is 9.97 Å². The summed E-state index contributed by atoms with van der Waals surface area (Å²) in [5.74, 6) is 5.91. The Morgan fingerprint density at radius 1 is 1.22 bits per heavy atom. The molecule has 2 aromatic rings. The van der Waals surface area contributed by atoms with Crippen LogP contribution in [0.25, 0.3) is 0 Å². The molecule has 0 bridgehead atoms. The van der Waals surface area contributed by atoms with E-state index >= 15 is 0 Å². The predicted molar refractivity (Wildman–Crippen MR) is 77.3 cm³/mol. The first-order chi connectivity index (χ1) is 8.60. The molecule has 8 heteroatoms. The predicted octanol–water partition coefficient (Wildman–Crippen LogP) is 3.58. The molecule has 0 atom stereocenters. The Kier molecular flexibility index (Phi) is 4.23. The second kappa shape index (κ2) is 5.71. The fraction of sp³-hybridized carbons (Fsp3) is 0. The number of aromatic nitrogens is 2. The second-order valence-corrected chi connectivity index (χ2v) is 5.01. The van der Waals surface area contributed by atoms with E-state index in [1.807, 2.05) is 12.1 Å². The summed E-state index contributed by atoms with van der Waals surface area (Å²) < 4.78 is 0.886. The van der Waals surface area contributed by atoms with Gasteiger partial charge in [-0.3, -0.25) is 5.43 Å². The number of hydrogen-bond acceptors (Lipinski definition) is 5. The van der Waals surface area contributed by atoms with Crippen LogP contribution in [0, 0.1) is 0 Å². The van der Waals surface area contributed by atoms with E-state index < -0.39 is 0 Å². The van der Waals surface area contributed by atoms with Crippen molar-refractivity contribution in [2.75, 3.05) is 10.7 Å². The summed E-state index contributed by atoms with van der Waals surface area (Å²) in [6.07, 6.45) is 1.44. The van der Waals surface area contributed by atoms with E-state index in [-0.39, 0.29) is 5.95 Å². The Bertz CT molecular complexity index is 578. The van der Waals surface area contributed by atoms with Crippen molar-refractivity contribution in [2.24, 2.45) is 5.84 Å². The number of benzene rings is 1. The summed E-state index contributed by atoms with van der Waals surface area (Å²) >= 11 is 15.4. The normalized spacial score (nSPS) is 10.2. The Balaban J connectivity index is 2.36. The number of rotatable bonds is 3. The van der Waals surface area contributed by atoms with Gasteiger partial charge in [0.25, 0.3) is 0 Å². The van der Waals surface area contributed by atoms with Crippen LogP contribution in [-0.2, 0) is 0 Å². The van der Waals surface area contributed by atoms with Gasteiger partial charge in [-0.05, 0) is 18.2 Å². The van der Waals surface area contributed by atoms with Crippen LogP contribution in [0.2, 0.25) is 10.0 Å². The van der Waals surface area contributed by atoms with Gasteiger partial charge in [0.1, 0.15) is 5.02 Å². The summed E-state index contributed by atoms with van der Waals surface area (Å²) in [5.41, 5.74) is 3.02. The summed E-state index contributed by atoms with van der Waals surface area (Å²) in [7, 11) is 0. The number of nitrogens with zero attached hydrogens (tertiary/aromatic N) is 2. The molecule has 0 aliphatic rings. The quantitative estimate of drug-likeness (QED) is 0.584. The molecule has 5 nitrogen and oxygen atoms in total. The minimum absolute atomic E-state index is 0.257. The molecule has 2 rings (SSSR count). The number of hydrazine groups is 1. The minimum Gasteiger partial charge on any atom is -0.338 e. The van der Waals surface area contributed by atoms with E-state index in [2.05, 4.69) is 36.6 Å². The Morgan fingerprint density at radius 2 is 2.00 bits per heavy atom. The lowest BCUT2D eigenvalue weighted by atomic mass is 10.3. The molecule has 0 radical (unpaired) electrons. The summed E-state index contributed by atoms with van der Waals surface area (Å²) in [6, 6.07) is 5.41. The fourth-order valence-electron chi connectivity index (χ4n) is 1.25. The maximum atomic E-state index is 6.06. The topological polar surface area (TPSA) is 75.9 Å². The second-order valence-electron chi connectivity index (χ2n) is 3.28. The zero-order chi connectivity index (χ0) is 13.1. The van der Waals surface area contributed by atoms with Crippen LogP contribution in [-0.4, -0.2) is 9.97 Å². The third-order valence-electron chi connectivity index (χ3n) is 2.05. The largest absolute Gasteiger partial charge is 0.338 e. The molecule has 1 aromatic carbocycles. The molecule has 0 fully saturated rings. The van der Waals surface area contributed by atoms with Gasteiger partial charge in [0.2, 0.25) is 5.95 Å². The molecular weight excluding hydrogens is 341 g/mol. The maximum absolute atomic E-state index is 6.06. The highest BCUT2D eigenvalue weighted by molar-refractivity contribution is 9.10. The highest BCUT2D eigenvalue weighted by Crippen LogP contribution is 2.30. The summed E-state index contributed by atoms with van der Waals surface area (Å²) in [5, 5.41) is 3.93. The van der Waals surface area contributed by atoms with Gasteiger partial charge in [-0.15, -0.1) is 0 Å². The number of nitrogen functional groups attached to an aromatic ring is 1. The van der Waals surface area contributed by atoms with E-state index in [9.17, 15) is 0 Å². The van der Waals surface area contributed by atoms with Crippen molar-refractivity contribution in [2.45, 2.75) is 0 Å². The van der Waals surface area contributed by atoms with Crippen LogP contribution in [0.15, 0.2) is 28.9 Å². The van der Waals surface area contributed by atoms with Crippen LogP contribution in [0.5, 0.6) is 0 Å². The maximum Gasteiger partial charge on any atom is 0.239 e. The van der Waals surface area contributed by atoms with Gasteiger partial charge in [-0.2, -0.15) is 4.98 Å². The monoisotopic (exact) mass is 347 g/mol. The lowest BCUT2D eigenvalue weighted by molar-refractivity contribution is 1.12. The van der Waals surface area contributed by atoms with Gasteiger partial charge in [-0.25, -0.2) is 10.8 Å². The van der Waals surface area contributed by atoms with E-state index in [0.29, 0.717) is 21.6 Å². The number of nitrogens with two attached hydrogens (primary N) is 1. The lowest BCUT2D eigenvalue weighted by Gasteiger charge is -2.10. The van der Waals surface area contributed by atoms with Gasteiger partial charge in [-0.1, -0.05) is 39.1 Å². The average Bonchev–Trinajstić information content (AvgIpc) is 2.36. The summed E-state index contributed by atoms with van der Waals surface area (Å²) in [6.45, 7) is 0. The molecule has 0 spiro atoms. The zero-order valence-corrected chi connectivity index (χ0v) is 12.0. The molecule has 1 heterocycles. The van der Waals surface area contributed by atoms with Crippen molar-refractivity contribution in [3.8, 4) is 0 Å². The van der Waals surface area contributed by atoms with Gasteiger partial charge in [0.15, 0.2) is 5.82 Å². The Hall–Kier alpha value is -1.08. The van der Waals surface area contributed by atoms with Crippen LogP contribution >= 0.6 is 39.1 Å². The van der Waals surface area contributed by atoms with E-state index in [1.54, 1.807) is 6.07 Å². The molecule has 0 amide bonds. The van der Waals surface area contributed by atoms with Crippen molar-refractivity contribution < 1.29 is 0 Å². The van der Waals surface area contributed by atoms with Crippen LogP contribution in [0.4, 0.5) is 17.5 Å². The molecule has 0 aliphatic heterocycles. The van der Waals surface area contributed by atoms with Crippen LogP contribution in [0.1, 0.15) is 0 Å². The molecule has 4 N–H and O–H groups in total. The first-order valence-electron chi connectivity index (χ1n) is 4.81. The van der Waals surface area contributed by atoms with E-state index in [0.717, 1.165) is 4.47 Å². The van der Waals surface area contributed by atoms with Crippen molar-refractivity contribution in [3.63, 3.8) is 0 Å². The van der Waals surface area contributed by atoms with E-state index in [4.69, 9.17) is 29.0 Å². The van der Waals surface area contributed by atoms with Gasteiger partial charge < -0.3 is 5.32 Å². The number of nitrogens with one attached hydrogen (secondary N) is 2. The van der Waals surface area contributed by atoms with Gasteiger partial charge in [0, 0.05) is 4.47 Å². The third-order valence-corrected chi connectivity index (χ3v) is 3.15. The first kappa shape index (κ1) is 13.4. The van der Waals surface area contributed by atoms with E-state index in [1.165, 1.54) is 6.20 Å². The highest BCUT2D eigenvalue weighted by Gasteiger charge is 2.08. The zero-order valence-electron chi connectivity index (χ0n) is 8.92. The number of anilines is 3. The fourth-order valence-corrected chi connectivity index (χ4v) is 1.91. The molecule has 0 saturated heterocycles. The molecule has 1 aromatic heterocycles. The molecule has 18 heavy (non-hydrogen) atoms.